The van der Waals surface area contributed by atoms with Crippen LogP contribution in [0.4, 0.5) is 0 Å². The van der Waals surface area contributed by atoms with Crippen molar-refractivity contribution in [1.29, 1.82) is 0 Å². The van der Waals surface area contributed by atoms with Crippen molar-refractivity contribution >= 4 is 5.91 Å². The number of amides is 1. The average molecular weight is 208 g/mol. The highest BCUT2D eigenvalue weighted by Crippen LogP contribution is 2.19. The molecule has 0 saturated heterocycles. The molecule has 1 atom stereocenters. The smallest absolute Gasteiger partial charge is 0.217 e. The third-order valence-corrected chi connectivity index (χ3v) is 2.33. The first-order chi connectivity index (χ1) is 7.06. The van der Waals surface area contributed by atoms with Crippen molar-refractivity contribution in [2.45, 2.75) is 40.3 Å². The number of hydrogen-bond acceptors (Lipinski definition) is 2. The number of carbonyl (C=O) groups is 1. The molecule has 1 aromatic rings. The van der Waals surface area contributed by atoms with Crippen LogP contribution in [0.1, 0.15) is 39.6 Å². The van der Waals surface area contributed by atoms with Crippen LogP contribution >= 0.6 is 0 Å². The quantitative estimate of drug-likeness (QED) is 0.815. The number of nitrogens with one attached hydrogen (secondary N) is 1. The van der Waals surface area contributed by atoms with Crippen molar-refractivity contribution < 1.29 is 4.79 Å². The summed E-state index contributed by atoms with van der Waals surface area (Å²) in [6.07, 6.45) is 4.63. The van der Waals surface area contributed by atoms with Gasteiger partial charge in [-0.15, -0.1) is 0 Å². The molecule has 0 aromatic carbocycles. The van der Waals surface area contributed by atoms with Gasteiger partial charge in [-0.3, -0.25) is 4.79 Å². The predicted octanol–water partition coefficient (Wildman–Crippen LogP) is 1.54. The zero-order chi connectivity index (χ0) is 11.4. The number of imidazole rings is 1. The van der Waals surface area contributed by atoms with Crippen molar-refractivity contribution in [3.63, 3.8) is 0 Å². The van der Waals surface area contributed by atoms with Crippen LogP contribution in [0.25, 0.3) is 0 Å². The maximum absolute atomic E-state index is 11.1. The second kappa shape index (κ2) is 4.96. The zero-order valence-corrected chi connectivity index (χ0v) is 9.74. The molecule has 1 heterocycles. The van der Waals surface area contributed by atoms with Crippen molar-refractivity contribution in [2.75, 3.05) is 0 Å². The molecular weight excluding hydrogens is 190 g/mol. The number of carbonyl (C=O) groups excluding carboxylic acids is 1. The lowest BCUT2D eigenvalue weighted by Gasteiger charge is -2.21. The highest BCUT2D eigenvalue weighted by molar-refractivity contribution is 5.73. The first-order valence-corrected chi connectivity index (χ1v) is 5.26. The third-order valence-electron chi connectivity index (χ3n) is 2.33. The zero-order valence-electron chi connectivity index (χ0n) is 9.74. The second-order valence-corrected chi connectivity index (χ2v) is 3.94. The standard InChI is InChI=1S/C11H18N3O/c1-5-14-7-6-12-11(14)10(8(2)3)13-9(4)15/h7-8,10H,5H2,1-4H3,(H,13,15). The summed E-state index contributed by atoms with van der Waals surface area (Å²) in [5.74, 6) is 1.16. The summed E-state index contributed by atoms with van der Waals surface area (Å²) >= 11 is 0. The Morgan fingerprint density at radius 1 is 1.67 bits per heavy atom. The van der Waals surface area contributed by atoms with Crippen LogP contribution in [0.2, 0.25) is 0 Å². The molecule has 4 nitrogen and oxygen atoms in total. The summed E-state index contributed by atoms with van der Waals surface area (Å²) in [5, 5.41) is 2.91. The maximum atomic E-state index is 11.1. The Morgan fingerprint density at radius 3 is 2.80 bits per heavy atom. The molecule has 83 valence electrons. The van der Waals surface area contributed by atoms with E-state index in [9.17, 15) is 4.79 Å². The fourth-order valence-corrected chi connectivity index (χ4v) is 1.54. The first kappa shape index (κ1) is 11.8. The summed E-state index contributed by atoms with van der Waals surface area (Å²) < 4.78 is 2.00. The van der Waals surface area contributed by atoms with Crippen LogP contribution in [0.5, 0.6) is 0 Å². The van der Waals surface area contributed by atoms with E-state index in [0.717, 1.165) is 12.4 Å². The number of hydrogen-bond donors (Lipinski definition) is 1. The lowest BCUT2D eigenvalue weighted by Crippen LogP contribution is -2.31. The monoisotopic (exact) mass is 208 g/mol. The largest absolute Gasteiger partial charge is 0.346 e. The van der Waals surface area contributed by atoms with Crippen LogP contribution in [-0.2, 0) is 11.3 Å². The number of aromatic nitrogens is 2. The Balaban J connectivity index is 2.93. The molecule has 1 amide bonds. The molecule has 0 fully saturated rings. The molecule has 0 spiro atoms. The fraction of sp³-hybridized carbons (Fsp3) is 0.636. The SMILES string of the molecule is CCn1c[c]nc1C(NC(C)=O)C(C)C. The molecule has 0 aliphatic rings. The topological polar surface area (TPSA) is 46.9 Å². The van der Waals surface area contributed by atoms with Crippen LogP contribution in [0.3, 0.4) is 0 Å². The Kier molecular flexibility index (Phi) is 3.88. The van der Waals surface area contributed by atoms with E-state index in [1.165, 1.54) is 6.92 Å². The van der Waals surface area contributed by atoms with E-state index in [2.05, 4.69) is 30.3 Å². The molecular formula is C11H18N3O. The van der Waals surface area contributed by atoms with Crippen molar-refractivity contribution in [2.24, 2.45) is 5.92 Å². The number of nitrogens with zero attached hydrogens (tertiary/aromatic N) is 2. The number of aryl methyl sites for hydroxylation is 1. The van der Waals surface area contributed by atoms with E-state index >= 15 is 0 Å². The third kappa shape index (κ3) is 2.81. The molecule has 1 radical (unpaired) electrons. The Labute approximate surface area is 90.7 Å². The molecule has 15 heavy (non-hydrogen) atoms. The Morgan fingerprint density at radius 2 is 2.33 bits per heavy atom. The normalized spacial score (nSPS) is 12.9. The summed E-state index contributed by atoms with van der Waals surface area (Å²) in [4.78, 5) is 15.3. The molecule has 0 aliphatic heterocycles. The maximum Gasteiger partial charge on any atom is 0.217 e. The minimum Gasteiger partial charge on any atom is -0.346 e. The van der Waals surface area contributed by atoms with Crippen molar-refractivity contribution in [3.8, 4) is 0 Å². The van der Waals surface area contributed by atoms with Crippen molar-refractivity contribution in [3.05, 3.63) is 18.2 Å². The van der Waals surface area contributed by atoms with E-state index in [1.54, 1.807) is 0 Å². The summed E-state index contributed by atoms with van der Waals surface area (Å²) in [6, 6.07) is -0.0336. The van der Waals surface area contributed by atoms with E-state index < -0.39 is 0 Å². The summed E-state index contributed by atoms with van der Waals surface area (Å²) in [6.45, 7) is 8.54. The molecule has 1 rings (SSSR count). The fourth-order valence-electron chi connectivity index (χ4n) is 1.54. The highest BCUT2D eigenvalue weighted by atomic mass is 16.1. The molecule has 1 unspecified atom stereocenters. The van der Waals surface area contributed by atoms with E-state index in [4.69, 9.17) is 0 Å². The average Bonchev–Trinajstić information content (AvgIpc) is 2.60. The van der Waals surface area contributed by atoms with Gasteiger partial charge in [0.15, 0.2) is 0 Å². The van der Waals surface area contributed by atoms with Gasteiger partial charge in [-0.2, -0.15) is 0 Å². The summed E-state index contributed by atoms with van der Waals surface area (Å²) in [5.41, 5.74) is 0. The van der Waals surface area contributed by atoms with Gasteiger partial charge in [-0.1, -0.05) is 13.8 Å². The van der Waals surface area contributed by atoms with Gasteiger partial charge < -0.3 is 9.88 Å². The van der Waals surface area contributed by atoms with Crippen LogP contribution in [-0.4, -0.2) is 15.5 Å². The van der Waals surface area contributed by atoms with Crippen LogP contribution in [0.15, 0.2) is 6.20 Å². The minimum atomic E-state index is -0.0336. The molecule has 0 saturated carbocycles. The lowest BCUT2D eigenvalue weighted by atomic mass is 10.0. The minimum absolute atomic E-state index is 0.0284. The lowest BCUT2D eigenvalue weighted by molar-refractivity contribution is -0.120. The second-order valence-electron chi connectivity index (χ2n) is 3.94. The molecule has 0 bridgehead atoms. The van der Waals surface area contributed by atoms with Gasteiger partial charge in [-0.25, -0.2) is 4.98 Å². The first-order valence-electron chi connectivity index (χ1n) is 5.26. The molecule has 1 aromatic heterocycles. The Bertz CT molecular complexity index is 330. The van der Waals surface area contributed by atoms with Gasteiger partial charge in [-0.05, 0) is 12.8 Å². The number of rotatable bonds is 4. The van der Waals surface area contributed by atoms with E-state index in [1.807, 2.05) is 17.7 Å². The van der Waals surface area contributed by atoms with Crippen LogP contribution < -0.4 is 5.32 Å². The predicted molar refractivity (Wildman–Crippen MR) is 58.1 cm³/mol. The Hall–Kier alpha value is -1.32. The van der Waals surface area contributed by atoms with Gasteiger partial charge >= 0.3 is 0 Å². The van der Waals surface area contributed by atoms with Gasteiger partial charge in [0.1, 0.15) is 12.0 Å². The highest BCUT2D eigenvalue weighted by Gasteiger charge is 2.20. The van der Waals surface area contributed by atoms with Crippen molar-refractivity contribution in [1.82, 2.24) is 14.9 Å². The van der Waals surface area contributed by atoms with E-state index in [-0.39, 0.29) is 11.9 Å². The van der Waals surface area contributed by atoms with Gasteiger partial charge in [0.2, 0.25) is 5.91 Å². The molecule has 0 aliphatic carbocycles. The van der Waals surface area contributed by atoms with Crippen LogP contribution in [0, 0.1) is 12.1 Å². The molecule has 4 heteroatoms. The van der Waals surface area contributed by atoms with Gasteiger partial charge in [0.05, 0.1) is 6.04 Å². The van der Waals surface area contributed by atoms with E-state index in [0.29, 0.717) is 5.92 Å². The van der Waals surface area contributed by atoms with Gasteiger partial charge in [0, 0.05) is 19.7 Å². The van der Waals surface area contributed by atoms with Gasteiger partial charge in [0.25, 0.3) is 0 Å². The summed E-state index contributed by atoms with van der Waals surface area (Å²) in [7, 11) is 0. The molecule has 1 N–H and O–H groups in total.